The van der Waals surface area contributed by atoms with Crippen molar-refractivity contribution in [3.63, 3.8) is 0 Å². The standard InChI is InChI=1S/C8H16O3.C5H2N2O2/c1-2-3-4-5-7(9)6-8(10)11;6-2-1-4(3-7)5(8)9/h7,9H,2-6H2,1H3,(H,10,11);1H,(H,8,9). The van der Waals surface area contributed by atoms with Gasteiger partial charge in [0.1, 0.15) is 11.6 Å². The molecule has 20 heavy (non-hydrogen) atoms. The summed E-state index contributed by atoms with van der Waals surface area (Å²) in [5.74, 6) is -2.30. The summed E-state index contributed by atoms with van der Waals surface area (Å²) in [5, 5.41) is 41.3. The largest absolute Gasteiger partial charge is 0.481 e. The lowest BCUT2D eigenvalue weighted by molar-refractivity contribution is -0.139. The molecular weight excluding hydrogens is 264 g/mol. The lowest BCUT2D eigenvalue weighted by Gasteiger charge is -2.05. The Morgan fingerprint density at radius 1 is 1.25 bits per heavy atom. The molecule has 3 N–H and O–H groups in total. The number of hydrogen-bond donors (Lipinski definition) is 3. The van der Waals surface area contributed by atoms with Gasteiger partial charge in [0.05, 0.1) is 18.6 Å². The molecule has 7 nitrogen and oxygen atoms in total. The Hall–Kier alpha value is -2.38. The molecule has 7 heteroatoms. The zero-order chi connectivity index (χ0) is 16.0. The van der Waals surface area contributed by atoms with Crippen LogP contribution in [0.5, 0.6) is 0 Å². The third kappa shape index (κ3) is 13.7. The Morgan fingerprint density at radius 2 is 1.85 bits per heavy atom. The Kier molecular flexibility index (Phi) is 13.0. The lowest BCUT2D eigenvalue weighted by atomic mass is 10.1. The molecule has 1 atom stereocenters. The number of carbonyl (C=O) groups is 2. The highest BCUT2D eigenvalue weighted by atomic mass is 16.4. The highest BCUT2D eigenvalue weighted by molar-refractivity contribution is 5.91. The van der Waals surface area contributed by atoms with E-state index in [0.29, 0.717) is 12.5 Å². The third-order valence-electron chi connectivity index (χ3n) is 2.11. The van der Waals surface area contributed by atoms with Crippen molar-refractivity contribution < 1.29 is 24.9 Å². The Labute approximate surface area is 117 Å². The highest BCUT2D eigenvalue weighted by Crippen LogP contribution is 2.05. The summed E-state index contributed by atoms with van der Waals surface area (Å²) in [6.07, 6.45) is 3.60. The summed E-state index contributed by atoms with van der Waals surface area (Å²) in [7, 11) is 0. The van der Waals surface area contributed by atoms with E-state index in [-0.39, 0.29) is 6.42 Å². The van der Waals surface area contributed by atoms with Crippen molar-refractivity contribution in [2.45, 2.75) is 45.1 Å². The first-order valence-electron chi connectivity index (χ1n) is 6.02. The maximum atomic E-state index is 10.1. The fourth-order valence-corrected chi connectivity index (χ4v) is 1.14. The quantitative estimate of drug-likeness (QED) is 0.364. The van der Waals surface area contributed by atoms with E-state index >= 15 is 0 Å². The average Bonchev–Trinajstić information content (AvgIpc) is 2.35. The number of aliphatic hydroxyl groups is 1. The number of allylic oxidation sites excluding steroid dienone is 1. The minimum absolute atomic E-state index is 0.121. The van der Waals surface area contributed by atoms with E-state index in [9.17, 15) is 9.59 Å². The molecule has 0 aromatic carbocycles. The summed E-state index contributed by atoms with van der Waals surface area (Å²) in [4.78, 5) is 20.0. The van der Waals surface area contributed by atoms with Crippen LogP contribution >= 0.6 is 0 Å². The van der Waals surface area contributed by atoms with Crippen LogP contribution in [0.3, 0.4) is 0 Å². The van der Waals surface area contributed by atoms with Gasteiger partial charge in [-0.3, -0.25) is 4.79 Å². The van der Waals surface area contributed by atoms with Crippen LogP contribution in [0.15, 0.2) is 11.6 Å². The Balaban J connectivity index is 0. The van der Waals surface area contributed by atoms with Gasteiger partial charge >= 0.3 is 11.9 Å². The first-order valence-corrected chi connectivity index (χ1v) is 6.02. The third-order valence-corrected chi connectivity index (χ3v) is 2.11. The second-order valence-corrected chi connectivity index (χ2v) is 3.85. The lowest BCUT2D eigenvalue weighted by Crippen LogP contribution is -2.12. The van der Waals surface area contributed by atoms with Crippen molar-refractivity contribution in [1.82, 2.24) is 0 Å². The first kappa shape index (κ1) is 19.9. The molecule has 0 radical (unpaired) electrons. The van der Waals surface area contributed by atoms with Crippen molar-refractivity contribution in [2.75, 3.05) is 0 Å². The van der Waals surface area contributed by atoms with Crippen LogP contribution in [0.1, 0.15) is 39.0 Å². The molecule has 0 amide bonds. The van der Waals surface area contributed by atoms with E-state index in [1.165, 1.54) is 12.1 Å². The minimum Gasteiger partial charge on any atom is -0.481 e. The van der Waals surface area contributed by atoms with E-state index < -0.39 is 23.6 Å². The number of aliphatic hydroxyl groups excluding tert-OH is 1. The van der Waals surface area contributed by atoms with Crippen molar-refractivity contribution in [2.24, 2.45) is 0 Å². The number of carboxylic acid groups (broad SMARTS) is 2. The summed E-state index contributed by atoms with van der Waals surface area (Å²) in [6.45, 7) is 2.07. The number of carboxylic acids is 2. The van der Waals surface area contributed by atoms with E-state index in [1.807, 2.05) is 0 Å². The molecule has 0 bridgehead atoms. The Morgan fingerprint density at radius 3 is 2.15 bits per heavy atom. The zero-order valence-corrected chi connectivity index (χ0v) is 11.2. The van der Waals surface area contributed by atoms with Gasteiger partial charge in [0.2, 0.25) is 0 Å². The number of hydrogen-bond acceptors (Lipinski definition) is 5. The van der Waals surface area contributed by atoms with Gasteiger partial charge in [0.15, 0.2) is 0 Å². The molecule has 0 spiro atoms. The molecule has 0 saturated carbocycles. The summed E-state index contributed by atoms with van der Waals surface area (Å²) >= 11 is 0. The summed E-state index contributed by atoms with van der Waals surface area (Å²) < 4.78 is 0. The van der Waals surface area contributed by atoms with Gasteiger partial charge in [0.25, 0.3) is 0 Å². The van der Waals surface area contributed by atoms with Gasteiger partial charge in [-0.2, -0.15) is 10.5 Å². The maximum absolute atomic E-state index is 10.1. The number of aliphatic carboxylic acids is 2. The molecule has 0 saturated heterocycles. The molecule has 0 aliphatic carbocycles. The van der Waals surface area contributed by atoms with E-state index in [1.54, 1.807) is 0 Å². The van der Waals surface area contributed by atoms with E-state index in [2.05, 4.69) is 6.92 Å². The fourth-order valence-electron chi connectivity index (χ4n) is 1.14. The van der Waals surface area contributed by atoms with E-state index in [4.69, 9.17) is 25.8 Å². The highest BCUT2D eigenvalue weighted by Gasteiger charge is 2.07. The first-order chi connectivity index (χ1) is 9.38. The predicted octanol–water partition coefficient (Wildman–Crippen LogP) is 1.45. The number of nitrogens with zero attached hydrogens (tertiary/aromatic N) is 2. The van der Waals surface area contributed by atoms with Crippen LogP contribution in [0.4, 0.5) is 0 Å². The molecular formula is C13H18N2O5. The summed E-state index contributed by atoms with van der Waals surface area (Å²) in [6, 6.07) is 2.78. The van der Waals surface area contributed by atoms with Gasteiger partial charge in [-0.25, -0.2) is 4.79 Å². The normalized spacial score (nSPS) is 11.3. The van der Waals surface area contributed by atoms with Crippen LogP contribution in [-0.4, -0.2) is 33.4 Å². The van der Waals surface area contributed by atoms with Gasteiger partial charge < -0.3 is 15.3 Å². The molecule has 110 valence electrons. The molecule has 0 rings (SSSR count). The molecule has 0 aliphatic rings. The van der Waals surface area contributed by atoms with Crippen molar-refractivity contribution in [1.29, 1.82) is 10.5 Å². The van der Waals surface area contributed by atoms with Crippen LogP contribution in [0.2, 0.25) is 0 Å². The van der Waals surface area contributed by atoms with Crippen LogP contribution in [0, 0.1) is 22.7 Å². The predicted molar refractivity (Wildman–Crippen MR) is 69.3 cm³/mol. The van der Waals surface area contributed by atoms with Crippen molar-refractivity contribution in [3.05, 3.63) is 11.6 Å². The second kappa shape index (κ2) is 13.1. The van der Waals surface area contributed by atoms with Crippen LogP contribution in [-0.2, 0) is 9.59 Å². The smallest absolute Gasteiger partial charge is 0.347 e. The van der Waals surface area contributed by atoms with Crippen LogP contribution in [0.25, 0.3) is 0 Å². The number of unbranched alkanes of at least 4 members (excludes halogenated alkanes) is 2. The Bertz CT molecular complexity index is 417. The zero-order valence-electron chi connectivity index (χ0n) is 11.2. The van der Waals surface area contributed by atoms with Gasteiger partial charge in [-0.1, -0.05) is 26.2 Å². The van der Waals surface area contributed by atoms with Gasteiger partial charge in [-0.15, -0.1) is 0 Å². The van der Waals surface area contributed by atoms with Gasteiger partial charge in [-0.05, 0) is 6.42 Å². The topological polar surface area (TPSA) is 142 Å². The molecule has 0 aromatic rings. The van der Waals surface area contributed by atoms with Crippen molar-refractivity contribution >= 4 is 11.9 Å². The molecule has 0 heterocycles. The van der Waals surface area contributed by atoms with Crippen LogP contribution < -0.4 is 0 Å². The maximum Gasteiger partial charge on any atom is 0.347 e. The van der Waals surface area contributed by atoms with Crippen molar-refractivity contribution in [3.8, 4) is 12.1 Å². The molecule has 0 aromatic heterocycles. The summed E-state index contributed by atoms with van der Waals surface area (Å²) in [5.41, 5.74) is -0.544. The van der Waals surface area contributed by atoms with E-state index in [0.717, 1.165) is 19.3 Å². The average molecular weight is 282 g/mol. The second-order valence-electron chi connectivity index (χ2n) is 3.85. The molecule has 0 fully saturated rings. The molecule has 1 unspecified atom stereocenters. The number of nitriles is 2. The van der Waals surface area contributed by atoms with Gasteiger partial charge in [0, 0.05) is 6.08 Å². The molecule has 0 aliphatic heterocycles. The monoisotopic (exact) mass is 282 g/mol. The SMILES string of the molecule is CCCCCC(O)CC(=O)O.N#CC=C(C#N)C(=O)O. The minimum atomic E-state index is -1.38. The fraction of sp³-hybridized carbons (Fsp3) is 0.538. The number of rotatable bonds is 7.